The minimum atomic E-state index is -0.456. The van der Waals surface area contributed by atoms with Gasteiger partial charge >= 0.3 is 0 Å². The molecule has 1 aromatic heterocycles. The Balaban J connectivity index is 1.77. The van der Waals surface area contributed by atoms with E-state index in [1.54, 1.807) is 24.3 Å². The first-order chi connectivity index (χ1) is 11.7. The summed E-state index contributed by atoms with van der Waals surface area (Å²) in [6, 6.07) is 6.65. The maximum Gasteiger partial charge on any atom is 0.274 e. The summed E-state index contributed by atoms with van der Waals surface area (Å²) in [7, 11) is 0. The molecule has 24 heavy (non-hydrogen) atoms. The van der Waals surface area contributed by atoms with Gasteiger partial charge < -0.3 is 14.2 Å². The molecule has 0 bridgehead atoms. The Bertz CT molecular complexity index is 795. The number of amides is 1. The van der Waals surface area contributed by atoms with Gasteiger partial charge in [-0.2, -0.15) is 5.10 Å². The Hall–Kier alpha value is -2.80. The van der Waals surface area contributed by atoms with Crippen LogP contribution in [-0.4, -0.2) is 30.5 Å². The fourth-order valence-corrected chi connectivity index (χ4v) is 2.30. The van der Waals surface area contributed by atoms with Gasteiger partial charge in [0, 0.05) is 17.8 Å². The van der Waals surface area contributed by atoms with Crippen LogP contribution in [0.5, 0.6) is 17.2 Å². The Morgan fingerprint density at radius 2 is 2.25 bits per heavy atom. The Morgan fingerprint density at radius 3 is 3.00 bits per heavy atom. The smallest absolute Gasteiger partial charge is 0.274 e. The maximum absolute atomic E-state index is 12.0. The predicted molar refractivity (Wildman–Crippen MR) is 88.0 cm³/mol. The van der Waals surface area contributed by atoms with Crippen molar-refractivity contribution in [3.63, 3.8) is 0 Å². The number of hydrogen-bond acceptors (Lipinski definition) is 6. The third-order valence-corrected chi connectivity index (χ3v) is 3.48. The lowest BCUT2D eigenvalue weighted by atomic mass is 10.2. The zero-order chi connectivity index (χ0) is 16.9. The molecule has 124 valence electrons. The summed E-state index contributed by atoms with van der Waals surface area (Å²) in [5.74, 6) is 1.34. The van der Waals surface area contributed by atoms with Crippen LogP contribution in [0.25, 0.3) is 0 Å². The summed E-state index contributed by atoms with van der Waals surface area (Å²) in [5.41, 5.74) is 3.30. The molecule has 0 saturated heterocycles. The summed E-state index contributed by atoms with van der Waals surface area (Å²) in [6.45, 7) is 2.52. The molecule has 8 heteroatoms. The molecule has 0 saturated carbocycles. The third kappa shape index (κ3) is 3.41. The molecule has 0 spiro atoms. The van der Waals surface area contributed by atoms with Crippen molar-refractivity contribution in [3.05, 3.63) is 46.7 Å². The minimum absolute atomic E-state index is 0.114. The lowest BCUT2D eigenvalue weighted by Gasteiger charge is -2.08. The summed E-state index contributed by atoms with van der Waals surface area (Å²) in [6.07, 6.45) is 2.97. The van der Waals surface area contributed by atoms with E-state index in [-0.39, 0.29) is 17.5 Å². The van der Waals surface area contributed by atoms with Crippen LogP contribution in [0.3, 0.4) is 0 Å². The van der Waals surface area contributed by atoms with Crippen molar-refractivity contribution >= 4 is 23.7 Å². The van der Waals surface area contributed by atoms with Crippen LogP contribution in [0, 0.1) is 0 Å². The van der Waals surface area contributed by atoms with Crippen molar-refractivity contribution < 1.29 is 19.0 Å². The highest BCUT2D eigenvalue weighted by Crippen LogP contribution is 2.37. The number of nitrogens with one attached hydrogen (secondary N) is 1. The van der Waals surface area contributed by atoms with Crippen LogP contribution in [0.1, 0.15) is 22.8 Å². The number of benzene rings is 1. The molecule has 3 rings (SSSR count). The van der Waals surface area contributed by atoms with Gasteiger partial charge in [-0.25, -0.2) is 10.4 Å². The topological polar surface area (TPSA) is 82.0 Å². The molecule has 0 fully saturated rings. The number of rotatable bonds is 5. The predicted octanol–water partition coefficient (Wildman–Crippen LogP) is 2.63. The lowest BCUT2D eigenvalue weighted by Crippen LogP contribution is -2.18. The van der Waals surface area contributed by atoms with Crippen LogP contribution >= 0.6 is 11.6 Å². The first kappa shape index (κ1) is 16.1. The number of carbonyl (C=O) groups excluding carboxylic acids is 1. The Morgan fingerprint density at radius 1 is 1.46 bits per heavy atom. The molecule has 2 heterocycles. The molecule has 1 aromatic carbocycles. The Labute approximate surface area is 143 Å². The van der Waals surface area contributed by atoms with E-state index < -0.39 is 5.91 Å². The maximum atomic E-state index is 12.0. The van der Waals surface area contributed by atoms with Gasteiger partial charge in [-0.3, -0.25) is 4.79 Å². The highest BCUT2D eigenvalue weighted by Gasteiger charge is 2.17. The van der Waals surface area contributed by atoms with Crippen molar-refractivity contribution in [1.82, 2.24) is 10.4 Å². The van der Waals surface area contributed by atoms with E-state index >= 15 is 0 Å². The number of hydrogen-bond donors (Lipinski definition) is 1. The molecule has 1 N–H and O–H groups in total. The fourth-order valence-electron chi connectivity index (χ4n) is 2.10. The van der Waals surface area contributed by atoms with Gasteiger partial charge in [0.15, 0.2) is 11.5 Å². The summed E-state index contributed by atoms with van der Waals surface area (Å²) in [5, 5.41) is 4.05. The van der Waals surface area contributed by atoms with Crippen LogP contribution in [0.2, 0.25) is 5.15 Å². The van der Waals surface area contributed by atoms with Crippen molar-refractivity contribution in [2.24, 2.45) is 5.10 Å². The van der Waals surface area contributed by atoms with Crippen molar-refractivity contribution in [1.29, 1.82) is 0 Å². The zero-order valence-electron chi connectivity index (χ0n) is 12.8. The van der Waals surface area contributed by atoms with E-state index in [2.05, 4.69) is 15.5 Å². The van der Waals surface area contributed by atoms with Gasteiger partial charge in [-0.1, -0.05) is 11.6 Å². The first-order valence-corrected chi connectivity index (χ1v) is 7.57. The number of halogens is 1. The van der Waals surface area contributed by atoms with Crippen LogP contribution in [0.15, 0.2) is 35.6 Å². The van der Waals surface area contributed by atoms with E-state index in [1.807, 2.05) is 6.92 Å². The van der Waals surface area contributed by atoms with E-state index in [0.29, 0.717) is 29.4 Å². The fraction of sp³-hybridized carbons (Fsp3) is 0.188. The monoisotopic (exact) mass is 347 g/mol. The van der Waals surface area contributed by atoms with E-state index in [9.17, 15) is 4.79 Å². The van der Waals surface area contributed by atoms with Gasteiger partial charge in [-0.05, 0) is 25.1 Å². The van der Waals surface area contributed by atoms with E-state index in [1.165, 1.54) is 12.4 Å². The zero-order valence-corrected chi connectivity index (χ0v) is 13.5. The molecule has 0 radical (unpaired) electrons. The van der Waals surface area contributed by atoms with Crippen molar-refractivity contribution in [3.8, 4) is 17.2 Å². The number of aromatic nitrogens is 1. The molecular formula is C16H14ClN3O4. The third-order valence-electron chi connectivity index (χ3n) is 3.18. The number of ether oxygens (including phenoxy) is 3. The average molecular weight is 348 g/mol. The highest BCUT2D eigenvalue weighted by atomic mass is 35.5. The molecule has 0 unspecified atom stereocenters. The molecule has 1 amide bonds. The van der Waals surface area contributed by atoms with E-state index in [4.69, 9.17) is 25.8 Å². The van der Waals surface area contributed by atoms with Gasteiger partial charge in [-0.15, -0.1) is 0 Å². The van der Waals surface area contributed by atoms with E-state index in [0.717, 1.165) is 0 Å². The standard InChI is InChI=1S/C16H14ClN3O4/c1-2-22-12-7-14-13(23-9-24-14)6-10(12)8-19-20-16(21)11-4-3-5-18-15(11)17/h3-8H,2,9H2,1H3,(H,20,21). The molecule has 1 aliphatic rings. The second-order valence-corrected chi connectivity index (χ2v) is 5.08. The average Bonchev–Trinajstić information content (AvgIpc) is 3.02. The highest BCUT2D eigenvalue weighted by molar-refractivity contribution is 6.32. The van der Waals surface area contributed by atoms with Gasteiger partial charge in [0.1, 0.15) is 10.9 Å². The quantitative estimate of drug-likeness (QED) is 0.511. The number of carbonyl (C=O) groups is 1. The van der Waals surface area contributed by atoms with Crippen molar-refractivity contribution in [2.45, 2.75) is 6.92 Å². The number of pyridine rings is 1. The second-order valence-electron chi connectivity index (χ2n) is 4.72. The SMILES string of the molecule is CCOc1cc2c(cc1C=NNC(=O)c1cccnc1Cl)OCO2. The lowest BCUT2D eigenvalue weighted by molar-refractivity contribution is 0.0955. The molecular weight excluding hydrogens is 334 g/mol. The molecule has 2 aromatic rings. The largest absolute Gasteiger partial charge is 0.493 e. The van der Waals surface area contributed by atoms with Crippen LogP contribution in [-0.2, 0) is 0 Å². The van der Waals surface area contributed by atoms with Gasteiger partial charge in [0.25, 0.3) is 5.91 Å². The Kier molecular flexibility index (Phi) is 4.81. The summed E-state index contributed by atoms with van der Waals surface area (Å²) >= 11 is 5.87. The summed E-state index contributed by atoms with van der Waals surface area (Å²) in [4.78, 5) is 15.9. The van der Waals surface area contributed by atoms with Crippen molar-refractivity contribution in [2.75, 3.05) is 13.4 Å². The second kappa shape index (κ2) is 7.18. The normalized spacial score (nSPS) is 12.4. The number of nitrogens with zero attached hydrogens (tertiary/aromatic N) is 2. The van der Waals surface area contributed by atoms with Gasteiger partial charge in [0.05, 0.1) is 18.4 Å². The minimum Gasteiger partial charge on any atom is -0.493 e. The first-order valence-electron chi connectivity index (χ1n) is 7.19. The molecule has 1 aliphatic heterocycles. The molecule has 7 nitrogen and oxygen atoms in total. The van der Waals surface area contributed by atoms with Crippen LogP contribution in [0.4, 0.5) is 0 Å². The molecule has 0 atom stereocenters. The number of hydrazone groups is 1. The molecule has 0 aliphatic carbocycles. The summed E-state index contributed by atoms with van der Waals surface area (Å²) < 4.78 is 16.2. The number of fused-ring (bicyclic) bond motifs is 1. The van der Waals surface area contributed by atoms with Crippen LogP contribution < -0.4 is 19.6 Å². The van der Waals surface area contributed by atoms with Gasteiger partial charge in [0.2, 0.25) is 6.79 Å².